The number of hydrogen-bond acceptors (Lipinski definition) is 4. The molecular weight excluding hydrogens is 274 g/mol. The van der Waals surface area contributed by atoms with Gasteiger partial charge in [-0.2, -0.15) is 0 Å². The number of hydrogen-bond donors (Lipinski definition) is 2. The molecule has 0 atom stereocenters. The lowest BCUT2D eigenvalue weighted by Crippen LogP contribution is -2.63. The Morgan fingerprint density at radius 2 is 2.05 bits per heavy atom. The van der Waals surface area contributed by atoms with E-state index in [1.165, 1.54) is 24.0 Å². The highest BCUT2D eigenvalue weighted by atomic mass is 16.4. The predicted octanol–water partition coefficient (Wildman–Crippen LogP) is 0.439. The average molecular weight is 291 g/mol. The quantitative estimate of drug-likeness (QED) is 0.823. The van der Waals surface area contributed by atoms with Crippen molar-refractivity contribution in [3.63, 3.8) is 0 Å². The number of rotatable bonds is 2. The fourth-order valence-electron chi connectivity index (χ4n) is 2.30. The first-order chi connectivity index (χ1) is 9.75. The number of carboxylic acid groups (broad SMARTS) is 1. The van der Waals surface area contributed by atoms with Crippen LogP contribution in [-0.4, -0.2) is 51.4 Å². The Morgan fingerprint density at radius 3 is 2.62 bits per heavy atom. The summed E-state index contributed by atoms with van der Waals surface area (Å²) in [6.07, 6.45) is 0. The van der Waals surface area contributed by atoms with Gasteiger partial charge in [0, 0.05) is 13.1 Å². The SMILES string of the molecule is Cc1nc(C(=O)N2CCNC(=O)C2(C)C)ccc1C(=O)O. The number of carboxylic acids is 1. The van der Waals surface area contributed by atoms with Crippen LogP contribution >= 0.6 is 0 Å². The number of carbonyl (C=O) groups is 3. The second-order valence-corrected chi connectivity index (χ2v) is 5.41. The first kappa shape index (κ1) is 15.0. The van der Waals surface area contributed by atoms with Crippen LogP contribution in [0.25, 0.3) is 0 Å². The van der Waals surface area contributed by atoms with E-state index in [0.717, 1.165) is 0 Å². The first-order valence-electron chi connectivity index (χ1n) is 6.56. The van der Waals surface area contributed by atoms with E-state index >= 15 is 0 Å². The summed E-state index contributed by atoms with van der Waals surface area (Å²) >= 11 is 0. The third-order valence-corrected chi connectivity index (χ3v) is 3.63. The molecule has 1 aromatic heterocycles. The molecule has 7 nitrogen and oxygen atoms in total. The lowest BCUT2D eigenvalue weighted by Gasteiger charge is -2.40. The number of aromatic nitrogens is 1. The number of carbonyl (C=O) groups excluding carboxylic acids is 2. The number of piperazine rings is 1. The smallest absolute Gasteiger partial charge is 0.337 e. The third kappa shape index (κ3) is 2.58. The topological polar surface area (TPSA) is 99.6 Å². The number of aryl methyl sites for hydroxylation is 1. The van der Waals surface area contributed by atoms with E-state index in [1.807, 2.05) is 0 Å². The summed E-state index contributed by atoms with van der Waals surface area (Å²) < 4.78 is 0. The summed E-state index contributed by atoms with van der Waals surface area (Å²) in [5.41, 5.74) is -0.494. The van der Waals surface area contributed by atoms with Crippen LogP contribution in [0.1, 0.15) is 40.4 Å². The molecule has 0 bridgehead atoms. The molecule has 0 radical (unpaired) electrons. The predicted molar refractivity (Wildman–Crippen MR) is 74.1 cm³/mol. The molecule has 7 heteroatoms. The maximum absolute atomic E-state index is 12.5. The van der Waals surface area contributed by atoms with E-state index in [2.05, 4.69) is 10.3 Å². The summed E-state index contributed by atoms with van der Waals surface area (Å²) in [5, 5.41) is 11.7. The zero-order chi connectivity index (χ0) is 15.8. The normalized spacial score (nSPS) is 17.3. The van der Waals surface area contributed by atoms with E-state index < -0.39 is 11.5 Å². The molecule has 0 aromatic carbocycles. The van der Waals surface area contributed by atoms with Crippen molar-refractivity contribution in [3.8, 4) is 0 Å². The number of nitrogens with zero attached hydrogens (tertiary/aromatic N) is 2. The van der Waals surface area contributed by atoms with E-state index in [-0.39, 0.29) is 28.8 Å². The Hall–Kier alpha value is -2.44. The molecule has 0 spiro atoms. The third-order valence-electron chi connectivity index (χ3n) is 3.63. The second-order valence-electron chi connectivity index (χ2n) is 5.41. The van der Waals surface area contributed by atoms with Crippen molar-refractivity contribution >= 4 is 17.8 Å². The molecule has 1 aliphatic rings. The van der Waals surface area contributed by atoms with Crippen LogP contribution in [0.15, 0.2) is 12.1 Å². The van der Waals surface area contributed by atoms with E-state index in [9.17, 15) is 14.4 Å². The highest BCUT2D eigenvalue weighted by molar-refractivity contribution is 5.99. The van der Waals surface area contributed by atoms with Crippen LogP contribution in [0.4, 0.5) is 0 Å². The van der Waals surface area contributed by atoms with Gasteiger partial charge < -0.3 is 15.3 Å². The fraction of sp³-hybridized carbons (Fsp3) is 0.429. The van der Waals surface area contributed by atoms with Crippen molar-refractivity contribution in [1.82, 2.24) is 15.2 Å². The lowest BCUT2D eigenvalue weighted by atomic mass is 9.98. The van der Waals surface area contributed by atoms with Gasteiger partial charge in [0.25, 0.3) is 5.91 Å². The molecule has 0 aliphatic carbocycles. The summed E-state index contributed by atoms with van der Waals surface area (Å²) in [4.78, 5) is 40.9. The molecule has 112 valence electrons. The van der Waals surface area contributed by atoms with Crippen molar-refractivity contribution in [1.29, 1.82) is 0 Å². The van der Waals surface area contributed by atoms with Crippen LogP contribution < -0.4 is 5.32 Å². The zero-order valence-corrected chi connectivity index (χ0v) is 12.1. The van der Waals surface area contributed by atoms with Crippen molar-refractivity contribution in [3.05, 3.63) is 29.1 Å². The molecule has 0 saturated carbocycles. The molecule has 21 heavy (non-hydrogen) atoms. The van der Waals surface area contributed by atoms with Crippen LogP contribution in [-0.2, 0) is 4.79 Å². The van der Waals surface area contributed by atoms with E-state index in [4.69, 9.17) is 5.11 Å². The van der Waals surface area contributed by atoms with Gasteiger partial charge in [-0.05, 0) is 32.9 Å². The Morgan fingerprint density at radius 1 is 1.38 bits per heavy atom. The highest BCUT2D eigenvalue weighted by Crippen LogP contribution is 2.20. The number of amides is 2. The fourth-order valence-corrected chi connectivity index (χ4v) is 2.30. The molecule has 0 unspecified atom stereocenters. The van der Waals surface area contributed by atoms with Gasteiger partial charge in [-0.15, -0.1) is 0 Å². The van der Waals surface area contributed by atoms with E-state index in [0.29, 0.717) is 13.1 Å². The molecule has 1 aromatic rings. The maximum atomic E-state index is 12.5. The summed E-state index contributed by atoms with van der Waals surface area (Å²) in [7, 11) is 0. The molecule has 1 saturated heterocycles. The van der Waals surface area contributed by atoms with Crippen LogP contribution in [0.5, 0.6) is 0 Å². The van der Waals surface area contributed by atoms with Crippen molar-refractivity contribution < 1.29 is 19.5 Å². The highest BCUT2D eigenvalue weighted by Gasteiger charge is 2.41. The average Bonchev–Trinajstić information content (AvgIpc) is 2.40. The summed E-state index contributed by atoms with van der Waals surface area (Å²) in [5.74, 6) is -1.69. The van der Waals surface area contributed by atoms with Gasteiger partial charge >= 0.3 is 5.97 Å². The largest absolute Gasteiger partial charge is 0.478 e. The maximum Gasteiger partial charge on any atom is 0.337 e. The zero-order valence-electron chi connectivity index (χ0n) is 12.1. The monoisotopic (exact) mass is 291 g/mol. The van der Waals surface area contributed by atoms with Gasteiger partial charge in [-0.1, -0.05) is 0 Å². The molecular formula is C14H17N3O4. The van der Waals surface area contributed by atoms with Crippen molar-refractivity contribution in [2.45, 2.75) is 26.3 Å². The Labute approximate surface area is 122 Å². The Balaban J connectivity index is 2.34. The van der Waals surface area contributed by atoms with Gasteiger partial charge in [0.05, 0.1) is 11.3 Å². The van der Waals surface area contributed by atoms with Crippen LogP contribution in [0, 0.1) is 6.92 Å². The van der Waals surface area contributed by atoms with Crippen LogP contribution in [0.2, 0.25) is 0 Å². The minimum atomic E-state index is -1.09. The minimum absolute atomic E-state index is 0.0576. The van der Waals surface area contributed by atoms with Gasteiger partial charge in [-0.3, -0.25) is 9.59 Å². The summed E-state index contributed by atoms with van der Waals surface area (Å²) in [6, 6.07) is 2.73. The number of pyridine rings is 1. The number of aromatic carboxylic acids is 1. The molecule has 1 aliphatic heterocycles. The van der Waals surface area contributed by atoms with Crippen LogP contribution in [0.3, 0.4) is 0 Å². The van der Waals surface area contributed by atoms with Gasteiger partial charge in [-0.25, -0.2) is 9.78 Å². The first-order valence-corrected chi connectivity index (χ1v) is 6.56. The standard InChI is InChI=1S/C14H17N3O4/c1-8-9(12(19)20)4-5-10(16-8)11(18)17-7-6-15-13(21)14(17,2)3/h4-5H,6-7H2,1-3H3,(H,15,21)(H,19,20). The minimum Gasteiger partial charge on any atom is -0.478 e. The number of nitrogens with one attached hydrogen (secondary N) is 1. The molecule has 1 fully saturated rings. The van der Waals surface area contributed by atoms with Crippen molar-refractivity contribution in [2.24, 2.45) is 0 Å². The summed E-state index contributed by atoms with van der Waals surface area (Å²) in [6.45, 7) is 5.64. The van der Waals surface area contributed by atoms with Gasteiger partial charge in [0.2, 0.25) is 5.91 Å². The van der Waals surface area contributed by atoms with Gasteiger partial charge in [0.1, 0.15) is 11.2 Å². The molecule has 2 rings (SSSR count). The Kier molecular flexibility index (Phi) is 3.67. The van der Waals surface area contributed by atoms with Gasteiger partial charge in [0.15, 0.2) is 0 Å². The lowest BCUT2D eigenvalue weighted by molar-refractivity contribution is -0.133. The molecule has 2 heterocycles. The molecule has 2 amide bonds. The molecule has 2 N–H and O–H groups in total. The Bertz CT molecular complexity index is 625. The second kappa shape index (κ2) is 5.16. The van der Waals surface area contributed by atoms with Crippen molar-refractivity contribution in [2.75, 3.05) is 13.1 Å². The van der Waals surface area contributed by atoms with E-state index in [1.54, 1.807) is 13.8 Å².